The van der Waals surface area contributed by atoms with Gasteiger partial charge in [0.05, 0.1) is 11.0 Å². The van der Waals surface area contributed by atoms with Crippen molar-refractivity contribution >= 4 is 0 Å². The number of nitrogens with zero attached hydrogens (tertiary/aromatic N) is 2. The molecule has 138 valence electrons. The molecule has 25 heavy (non-hydrogen) atoms. The molecule has 1 saturated heterocycles. The van der Waals surface area contributed by atoms with Gasteiger partial charge in [-0.2, -0.15) is 0 Å². The molecule has 0 aliphatic carbocycles. The van der Waals surface area contributed by atoms with Crippen molar-refractivity contribution in [3.05, 3.63) is 58.0 Å². The molecule has 0 saturated carbocycles. The van der Waals surface area contributed by atoms with Gasteiger partial charge in [0.1, 0.15) is 0 Å². The van der Waals surface area contributed by atoms with Gasteiger partial charge in [0.2, 0.25) is 0 Å². The molecule has 1 aliphatic rings. The Bertz CT molecular complexity index is 565. The van der Waals surface area contributed by atoms with Crippen molar-refractivity contribution in [1.82, 2.24) is 4.90 Å². The molecular weight excluding hydrogens is 322 g/mol. The van der Waals surface area contributed by atoms with E-state index >= 15 is 0 Å². The van der Waals surface area contributed by atoms with Gasteiger partial charge in [-0.3, -0.25) is 10.1 Å². The van der Waals surface area contributed by atoms with E-state index in [2.05, 4.69) is 12.1 Å². The molecule has 1 aromatic rings. The van der Waals surface area contributed by atoms with Crippen LogP contribution in [0.5, 0.6) is 0 Å². The Balaban J connectivity index is 2.08. The lowest BCUT2D eigenvalue weighted by molar-refractivity contribution is -0.404. The molecule has 1 aliphatic heterocycles. The van der Waals surface area contributed by atoms with E-state index < -0.39 is 4.92 Å². The van der Waals surface area contributed by atoms with E-state index in [1.807, 2.05) is 23.1 Å². The first-order chi connectivity index (χ1) is 12.1. The average Bonchev–Trinajstić information content (AvgIpc) is 2.62. The first-order valence-corrected chi connectivity index (χ1v) is 8.63. The van der Waals surface area contributed by atoms with Gasteiger partial charge in [-0.25, -0.2) is 0 Å². The van der Waals surface area contributed by atoms with Crippen LogP contribution in [0.15, 0.2) is 42.4 Å². The highest BCUT2D eigenvalue weighted by atomic mass is 16.6. The van der Waals surface area contributed by atoms with Crippen LogP contribution in [0.3, 0.4) is 0 Å². The van der Waals surface area contributed by atoms with E-state index in [1.54, 1.807) is 7.11 Å². The van der Waals surface area contributed by atoms with Crippen LogP contribution >= 0.6 is 0 Å². The number of benzene rings is 1. The largest absolute Gasteiger partial charge is 0.385 e. The maximum absolute atomic E-state index is 10.7. The Morgan fingerprint density at radius 3 is 2.88 bits per heavy atom. The van der Waals surface area contributed by atoms with E-state index in [1.165, 1.54) is 0 Å². The molecule has 7 heteroatoms. The minimum Gasteiger partial charge on any atom is -0.385 e. The highest BCUT2D eigenvalue weighted by Crippen LogP contribution is 2.33. The summed E-state index contributed by atoms with van der Waals surface area (Å²) in [6.45, 7) is 2.67. The van der Waals surface area contributed by atoms with Crippen LogP contribution in [0.25, 0.3) is 0 Å². The number of piperidine rings is 1. The van der Waals surface area contributed by atoms with Crippen LogP contribution < -0.4 is 5.73 Å². The fourth-order valence-electron chi connectivity index (χ4n) is 3.24. The van der Waals surface area contributed by atoms with Crippen LogP contribution in [0.1, 0.15) is 30.9 Å². The third-order valence-electron chi connectivity index (χ3n) is 4.41. The van der Waals surface area contributed by atoms with E-state index in [-0.39, 0.29) is 17.8 Å². The van der Waals surface area contributed by atoms with Crippen LogP contribution in [0, 0.1) is 16.0 Å². The second-order valence-corrected chi connectivity index (χ2v) is 6.24. The topological polar surface area (TPSA) is 90.9 Å². The summed E-state index contributed by atoms with van der Waals surface area (Å²) in [6.07, 6.45) is 3.59. The van der Waals surface area contributed by atoms with Crippen molar-refractivity contribution in [2.45, 2.75) is 25.4 Å². The third-order valence-corrected chi connectivity index (χ3v) is 4.41. The summed E-state index contributed by atoms with van der Waals surface area (Å²) in [4.78, 5) is 12.1. The predicted octanol–water partition coefficient (Wildman–Crippen LogP) is 2.53. The molecule has 0 bridgehead atoms. The molecule has 2 atom stereocenters. The summed E-state index contributed by atoms with van der Waals surface area (Å²) >= 11 is 0. The Kier molecular flexibility index (Phi) is 7.69. The number of likely N-dealkylation sites (tertiary alicyclic amines) is 1. The smallest absolute Gasteiger partial charge is 0.274 e. The highest BCUT2D eigenvalue weighted by molar-refractivity contribution is 5.19. The molecule has 0 spiro atoms. The Labute approximate surface area is 148 Å². The Hall–Kier alpha value is -2.12. The van der Waals surface area contributed by atoms with Crippen molar-refractivity contribution < 1.29 is 14.4 Å². The zero-order valence-corrected chi connectivity index (χ0v) is 14.7. The summed E-state index contributed by atoms with van der Waals surface area (Å²) in [6, 6.07) is 10.1. The number of ether oxygens (including phenoxy) is 2. The summed E-state index contributed by atoms with van der Waals surface area (Å²) in [7, 11) is 1.68. The fraction of sp³-hybridized carbons (Fsp3) is 0.556. The van der Waals surface area contributed by atoms with Crippen LogP contribution in [0.2, 0.25) is 0 Å². The van der Waals surface area contributed by atoms with Gasteiger partial charge >= 0.3 is 0 Å². The zero-order valence-electron chi connectivity index (χ0n) is 14.7. The number of nitrogens with two attached hydrogens (primary N) is 1. The molecule has 1 aromatic carbocycles. The van der Waals surface area contributed by atoms with Crippen molar-refractivity contribution in [3.63, 3.8) is 0 Å². The van der Waals surface area contributed by atoms with Gasteiger partial charge in [0.15, 0.2) is 5.82 Å². The molecule has 7 nitrogen and oxygen atoms in total. The Morgan fingerprint density at radius 2 is 2.20 bits per heavy atom. The van der Waals surface area contributed by atoms with Crippen molar-refractivity contribution in [2.24, 2.45) is 11.7 Å². The number of hydrogen-bond donors (Lipinski definition) is 1. The van der Waals surface area contributed by atoms with E-state index in [0.29, 0.717) is 19.8 Å². The monoisotopic (exact) mass is 349 g/mol. The molecule has 0 aromatic heterocycles. The standard InChI is InChI=1S/C18H27N3O4/c1-24-11-6-12-25-18(15-7-3-2-4-8-15)16-9-5-10-20(13-16)17(19)14-21(22)23/h2-4,7-8,14,16,18H,5-6,9-13,19H2,1H3. The minimum absolute atomic E-state index is 0.0516. The maximum Gasteiger partial charge on any atom is 0.274 e. The average molecular weight is 349 g/mol. The molecule has 2 rings (SSSR count). The van der Waals surface area contributed by atoms with Crippen molar-refractivity contribution in [3.8, 4) is 0 Å². The fourth-order valence-corrected chi connectivity index (χ4v) is 3.24. The van der Waals surface area contributed by atoms with E-state index in [4.69, 9.17) is 15.2 Å². The molecule has 0 radical (unpaired) electrons. The lowest BCUT2D eigenvalue weighted by Crippen LogP contribution is -2.40. The highest BCUT2D eigenvalue weighted by Gasteiger charge is 2.30. The number of rotatable bonds is 9. The summed E-state index contributed by atoms with van der Waals surface area (Å²) in [5.74, 6) is 0.443. The van der Waals surface area contributed by atoms with Crippen molar-refractivity contribution in [1.29, 1.82) is 0 Å². The molecule has 1 fully saturated rings. The molecule has 2 N–H and O–H groups in total. The Morgan fingerprint density at radius 1 is 1.44 bits per heavy atom. The summed E-state index contributed by atoms with van der Waals surface area (Å²) in [5.41, 5.74) is 7.01. The second kappa shape index (κ2) is 10.0. The van der Waals surface area contributed by atoms with Crippen molar-refractivity contribution in [2.75, 3.05) is 33.4 Å². The van der Waals surface area contributed by atoms with Gasteiger partial charge in [-0.15, -0.1) is 0 Å². The van der Waals surface area contributed by atoms with Crippen LogP contribution in [-0.2, 0) is 9.47 Å². The van der Waals surface area contributed by atoms with E-state index in [0.717, 1.165) is 37.6 Å². The third kappa shape index (κ3) is 6.03. The number of nitro groups is 1. The lowest BCUT2D eigenvalue weighted by Gasteiger charge is -2.37. The van der Waals surface area contributed by atoms with Gasteiger partial charge in [-0.1, -0.05) is 30.3 Å². The molecular formula is C18H27N3O4. The lowest BCUT2D eigenvalue weighted by atomic mass is 9.88. The number of methoxy groups -OCH3 is 1. The molecule has 2 unspecified atom stereocenters. The zero-order chi connectivity index (χ0) is 18.1. The quantitative estimate of drug-likeness (QED) is 0.418. The van der Waals surface area contributed by atoms with Gasteiger partial charge < -0.3 is 20.1 Å². The minimum atomic E-state index is -0.505. The van der Waals surface area contributed by atoms with Crippen LogP contribution in [0.4, 0.5) is 0 Å². The second-order valence-electron chi connectivity index (χ2n) is 6.24. The predicted molar refractivity (Wildman–Crippen MR) is 95.2 cm³/mol. The molecule has 0 amide bonds. The SMILES string of the molecule is COCCCOC(c1ccccc1)C1CCCN(C(N)=C[N+](=O)[O-])C1. The van der Waals surface area contributed by atoms with Gasteiger partial charge in [0, 0.05) is 39.3 Å². The first kappa shape index (κ1) is 19.2. The van der Waals surface area contributed by atoms with Gasteiger partial charge in [0.25, 0.3) is 6.20 Å². The summed E-state index contributed by atoms with van der Waals surface area (Å²) < 4.78 is 11.3. The van der Waals surface area contributed by atoms with Gasteiger partial charge in [-0.05, 0) is 24.8 Å². The normalized spacial score (nSPS) is 19.6. The number of hydrogen-bond acceptors (Lipinski definition) is 6. The summed E-state index contributed by atoms with van der Waals surface area (Å²) in [5, 5.41) is 10.7. The first-order valence-electron chi connectivity index (χ1n) is 8.63. The van der Waals surface area contributed by atoms with Crippen LogP contribution in [-0.4, -0.2) is 43.2 Å². The molecule has 1 heterocycles. The maximum atomic E-state index is 10.7. The van der Waals surface area contributed by atoms with E-state index in [9.17, 15) is 10.1 Å².